The van der Waals surface area contributed by atoms with E-state index in [1.807, 2.05) is 17.0 Å². The molecule has 3 rings (SSSR count). The maximum absolute atomic E-state index is 11.3. The summed E-state index contributed by atoms with van der Waals surface area (Å²) < 4.78 is 0. The number of H-pyrrole nitrogens is 1. The van der Waals surface area contributed by atoms with E-state index in [1.165, 1.54) is 0 Å². The zero-order valence-electron chi connectivity index (χ0n) is 9.83. The van der Waals surface area contributed by atoms with Gasteiger partial charge < -0.3 is 15.0 Å². The Morgan fingerprint density at radius 2 is 2.39 bits per heavy atom. The molecule has 2 N–H and O–H groups in total. The number of aromatic amines is 1. The van der Waals surface area contributed by atoms with E-state index in [0.717, 1.165) is 24.9 Å². The molecule has 1 saturated heterocycles. The molecule has 1 aliphatic heterocycles. The number of aliphatic carboxylic acids is 1. The highest BCUT2D eigenvalue weighted by atomic mass is 16.4. The molecule has 0 bridgehead atoms. The molecule has 2 aromatic heterocycles. The monoisotopic (exact) mass is 246 g/mol. The molecule has 0 saturated carbocycles. The Kier molecular flexibility index (Phi) is 2.62. The lowest BCUT2D eigenvalue weighted by atomic mass is 10.0. The van der Waals surface area contributed by atoms with Crippen LogP contribution in [0, 0.1) is 0 Å². The van der Waals surface area contributed by atoms with Gasteiger partial charge in [-0.15, -0.1) is 0 Å². The van der Waals surface area contributed by atoms with Crippen LogP contribution in [0.5, 0.6) is 0 Å². The number of hydrogen-bond acceptors (Lipinski definition) is 4. The number of hydrogen-bond donors (Lipinski definition) is 2. The van der Waals surface area contributed by atoms with E-state index >= 15 is 0 Å². The van der Waals surface area contributed by atoms with Crippen LogP contribution in [0.3, 0.4) is 0 Å². The van der Waals surface area contributed by atoms with Crippen LogP contribution in [0.2, 0.25) is 0 Å². The van der Waals surface area contributed by atoms with Gasteiger partial charge in [0, 0.05) is 12.7 Å². The summed E-state index contributed by atoms with van der Waals surface area (Å²) in [5.74, 6) is -0.182. The lowest BCUT2D eigenvalue weighted by Gasteiger charge is -2.32. The summed E-state index contributed by atoms with van der Waals surface area (Å²) in [6.07, 6.45) is 4.29. The fourth-order valence-corrected chi connectivity index (χ4v) is 2.41. The van der Waals surface area contributed by atoms with Gasteiger partial charge >= 0.3 is 5.97 Å². The number of nitrogens with zero attached hydrogens (tertiary/aromatic N) is 3. The van der Waals surface area contributed by atoms with Crippen molar-refractivity contribution >= 4 is 23.1 Å². The molecular weight excluding hydrogens is 232 g/mol. The largest absolute Gasteiger partial charge is 0.480 e. The Labute approximate surface area is 104 Å². The second-order valence-corrected chi connectivity index (χ2v) is 4.48. The summed E-state index contributed by atoms with van der Waals surface area (Å²) in [5, 5.41) is 9.25. The van der Waals surface area contributed by atoms with Crippen LogP contribution in [-0.2, 0) is 4.79 Å². The van der Waals surface area contributed by atoms with Crippen molar-refractivity contribution in [1.29, 1.82) is 0 Å². The number of rotatable bonds is 2. The standard InChI is InChI=1S/C12H14N4O2/c17-11(18)9-5-1-2-7-16(9)12-14-8-4-3-6-13-10(8)15-12/h3-4,6,9H,1-2,5,7H2,(H,17,18)(H,13,14,15). The van der Waals surface area contributed by atoms with E-state index in [2.05, 4.69) is 15.0 Å². The number of anilines is 1. The first-order valence-electron chi connectivity index (χ1n) is 6.06. The van der Waals surface area contributed by atoms with Crippen molar-refractivity contribution in [2.75, 3.05) is 11.4 Å². The molecule has 6 heteroatoms. The van der Waals surface area contributed by atoms with Crippen LogP contribution in [0.25, 0.3) is 11.2 Å². The van der Waals surface area contributed by atoms with Gasteiger partial charge in [0.1, 0.15) is 6.04 Å². The van der Waals surface area contributed by atoms with Gasteiger partial charge in [0.2, 0.25) is 5.95 Å². The number of carboxylic acids is 1. The Hall–Kier alpha value is -2.11. The third kappa shape index (κ3) is 1.79. The highest BCUT2D eigenvalue weighted by molar-refractivity contribution is 5.79. The number of piperidine rings is 1. The molecule has 0 aliphatic carbocycles. The first-order chi connectivity index (χ1) is 8.75. The summed E-state index contributed by atoms with van der Waals surface area (Å²) >= 11 is 0. The first kappa shape index (κ1) is 11.0. The molecule has 0 spiro atoms. The highest BCUT2D eigenvalue weighted by Crippen LogP contribution is 2.24. The molecule has 1 unspecified atom stereocenters. The van der Waals surface area contributed by atoms with Gasteiger partial charge in [-0.3, -0.25) is 0 Å². The molecule has 0 amide bonds. The maximum Gasteiger partial charge on any atom is 0.326 e. The van der Waals surface area contributed by atoms with Gasteiger partial charge in [0.05, 0.1) is 5.52 Å². The van der Waals surface area contributed by atoms with Crippen LogP contribution in [0.1, 0.15) is 19.3 Å². The second kappa shape index (κ2) is 4.29. The van der Waals surface area contributed by atoms with Gasteiger partial charge in [0.15, 0.2) is 5.65 Å². The number of imidazole rings is 1. The maximum atomic E-state index is 11.3. The van der Waals surface area contributed by atoms with Crippen molar-refractivity contribution in [3.63, 3.8) is 0 Å². The van der Waals surface area contributed by atoms with E-state index in [9.17, 15) is 9.90 Å². The van der Waals surface area contributed by atoms with Gasteiger partial charge in [-0.1, -0.05) is 0 Å². The van der Waals surface area contributed by atoms with Gasteiger partial charge in [-0.25, -0.2) is 9.78 Å². The van der Waals surface area contributed by atoms with Crippen molar-refractivity contribution in [2.24, 2.45) is 0 Å². The van der Waals surface area contributed by atoms with Crippen molar-refractivity contribution in [1.82, 2.24) is 15.0 Å². The third-order valence-electron chi connectivity index (χ3n) is 3.30. The number of pyridine rings is 1. The summed E-state index contributed by atoms with van der Waals surface area (Å²) in [6.45, 7) is 0.719. The summed E-state index contributed by atoms with van der Waals surface area (Å²) in [7, 11) is 0. The van der Waals surface area contributed by atoms with Crippen LogP contribution in [0.15, 0.2) is 18.3 Å². The lowest BCUT2D eigenvalue weighted by Crippen LogP contribution is -2.45. The van der Waals surface area contributed by atoms with Crippen molar-refractivity contribution in [3.8, 4) is 0 Å². The Balaban J connectivity index is 1.98. The van der Waals surface area contributed by atoms with Gasteiger partial charge in [0.25, 0.3) is 0 Å². The summed E-state index contributed by atoms with van der Waals surface area (Å²) in [5.41, 5.74) is 1.46. The van der Waals surface area contributed by atoms with E-state index in [4.69, 9.17) is 0 Å². The van der Waals surface area contributed by atoms with Gasteiger partial charge in [-0.05, 0) is 31.4 Å². The van der Waals surface area contributed by atoms with Crippen LogP contribution in [0.4, 0.5) is 5.95 Å². The molecule has 3 heterocycles. The SMILES string of the molecule is O=C(O)C1CCCCN1c1nc2ncccc2[nH]1. The molecule has 1 atom stereocenters. The van der Waals surface area contributed by atoms with E-state index < -0.39 is 12.0 Å². The Morgan fingerprint density at radius 3 is 3.17 bits per heavy atom. The van der Waals surface area contributed by atoms with Crippen molar-refractivity contribution in [2.45, 2.75) is 25.3 Å². The normalized spacial score (nSPS) is 20.2. The van der Waals surface area contributed by atoms with E-state index in [-0.39, 0.29) is 0 Å². The molecule has 18 heavy (non-hydrogen) atoms. The summed E-state index contributed by atoms with van der Waals surface area (Å²) in [4.78, 5) is 24.7. The topological polar surface area (TPSA) is 82.1 Å². The molecular formula is C12H14N4O2. The minimum atomic E-state index is -0.789. The Morgan fingerprint density at radius 1 is 1.50 bits per heavy atom. The predicted octanol–water partition coefficient (Wildman–Crippen LogP) is 1.40. The molecule has 1 fully saturated rings. The van der Waals surface area contributed by atoms with Crippen LogP contribution in [-0.4, -0.2) is 38.6 Å². The van der Waals surface area contributed by atoms with Crippen LogP contribution < -0.4 is 4.90 Å². The fraction of sp³-hybridized carbons (Fsp3) is 0.417. The highest BCUT2D eigenvalue weighted by Gasteiger charge is 2.30. The third-order valence-corrected chi connectivity index (χ3v) is 3.30. The summed E-state index contributed by atoms with van der Waals surface area (Å²) in [6, 6.07) is 3.23. The molecule has 6 nitrogen and oxygen atoms in total. The first-order valence-corrected chi connectivity index (χ1v) is 6.06. The molecule has 0 radical (unpaired) electrons. The quantitative estimate of drug-likeness (QED) is 0.837. The second-order valence-electron chi connectivity index (χ2n) is 4.48. The number of carboxylic acid groups (broad SMARTS) is 1. The smallest absolute Gasteiger partial charge is 0.326 e. The number of aromatic nitrogens is 3. The Bertz CT molecular complexity index is 547. The van der Waals surface area contributed by atoms with Crippen LogP contribution >= 0.6 is 0 Å². The molecule has 0 aromatic carbocycles. The average molecular weight is 246 g/mol. The lowest BCUT2D eigenvalue weighted by molar-refractivity contribution is -0.139. The molecule has 94 valence electrons. The van der Waals surface area contributed by atoms with Gasteiger partial charge in [-0.2, -0.15) is 4.98 Å². The number of fused-ring (bicyclic) bond motifs is 1. The zero-order chi connectivity index (χ0) is 12.5. The van der Waals surface area contributed by atoms with E-state index in [1.54, 1.807) is 6.20 Å². The fourth-order valence-electron chi connectivity index (χ4n) is 2.41. The minimum absolute atomic E-state index is 0.487. The zero-order valence-corrected chi connectivity index (χ0v) is 9.83. The molecule has 2 aromatic rings. The number of carbonyl (C=O) groups is 1. The van der Waals surface area contributed by atoms with Crippen molar-refractivity contribution < 1.29 is 9.90 Å². The van der Waals surface area contributed by atoms with E-state index in [0.29, 0.717) is 18.0 Å². The van der Waals surface area contributed by atoms with Crippen molar-refractivity contribution in [3.05, 3.63) is 18.3 Å². The predicted molar refractivity (Wildman–Crippen MR) is 66.5 cm³/mol. The number of nitrogens with one attached hydrogen (secondary N) is 1. The molecule has 1 aliphatic rings. The minimum Gasteiger partial charge on any atom is -0.480 e. The average Bonchev–Trinajstić information content (AvgIpc) is 2.82.